The summed E-state index contributed by atoms with van der Waals surface area (Å²) in [6, 6.07) is 18.2. The van der Waals surface area contributed by atoms with E-state index in [1.54, 1.807) is 0 Å². The summed E-state index contributed by atoms with van der Waals surface area (Å²) in [6.07, 6.45) is 3.51. The van der Waals surface area contributed by atoms with E-state index >= 15 is 0 Å². The first-order chi connectivity index (χ1) is 10.7. The molecule has 0 spiro atoms. The number of carbonyl (C=O) groups excluding carboxylic acids is 1. The van der Waals surface area contributed by atoms with Gasteiger partial charge in [0.15, 0.2) is 0 Å². The first-order valence-corrected chi connectivity index (χ1v) is 7.86. The van der Waals surface area contributed by atoms with Crippen molar-refractivity contribution < 1.29 is 4.79 Å². The van der Waals surface area contributed by atoms with Gasteiger partial charge in [-0.2, -0.15) is 0 Å². The molecule has 0 unspecified atom stereocenters. The highest BCUT2D eigenvalue weighted by molar-refractivity contribution is 5.90. The molecule has 22 heavy (non-hydrogen) atoms. The van der Waals surface area contributed by atoms with Gasteiger partial charge in [0, 0.05) is 17.6 Å². The zero-order chi connectivity index (χ0) is 15.4. The molecule has 114 valence electrons. The summed E-state index contributed by atoms with van der Waals surface area (Å²) in [5.74, 6) is 0. The van der Waals surface area contributed by atoms with Crippen molar-refractivity contribution >= 4 is 11.7 Å². The lowest BCUT2D eigenvalue weighted by molar-refractivity contribution is 0.222. The van der Waals surface area contributed by atoms with Gasteiger partial charge in [0.05, 0.1) is 0 Å². The third-order valence-corrected chi connectivity index (χ3v) is 4.68. The van der Waals surface area contributed by atoms with Crippen LogP contribution in [-0.2, 0) is 5.41 Å². The average Bonchev–Trinajstić information content (AvgIpc) is 2.50. The SMILES string of the molecule is Cc1ccccc1NC(=O)NCC1(c2ccccc2)CCC1. The number of aryl methyl sites for hydroxylation is 1. The molecule has 3 heteroatoms. The largest absolute Gasteiger partial charge is 0.337 e. The minimum atomic E-state index is -0.128. The predicted octanol–water partition coefficient (Wildman–Crippen LogP) is 4.24. The molecular formula is C19H22N2O. The maximum absolute atomic E-state index is 12.2. The molecule has 1 saturated carbocycles. The first kappa shape index (κ1) is 14.6. The van der Waals surface area contributed by atoms with Crippen LogP contribution in [0.25, 0.3) is 0 Å². The fraction of sp³-hybridized carbons (Fsp3) is 0.316. The van der Waals surface area contributed by atoms with Crippen molar-refractivity contribution in [3.05, 3.63) is 65.7 Å². The Morgan fingerprint density at radius 2 is 1.73 bits per heavy atom. The van der Waals surface area contributed by atoms with Crippen molar-refractivity contribution in [1.82, 2.24) is 5.32 Å². The van der Waals surface area contributed by atoms with E-state index in [0.717, 1.165) is 24.1 Å². The maximum Gasteiger partial charge on any atom is 0.319 e. The molecule has 0 atom stereocenters. The molecule has 2 amide bonds. The Kier molecular flexibility index (Phi) is 4.14. The molecule has 0 saturated heterocycles. The second-order valence-corrected chi connectivity index (χ2v) is 6.12. The third kappa shape index (κ3) is 2.98. The smallest absolute Gasteiger partial charge is 0.319 e. The van der Waals surface area contributed by atoms with Crippen LogP contribution in [0.3, 0.4) is 0 Å². The van der Waals surface area contributed by atoms with Gasteiger partial charge in [0.1, 0.15) is 0 Å². The van der Waals surface area contributed by atoms with Crippen molar-refractivity contribution in [2.45, 2.75) is 31.6 Å². The first-order valence-electron chi connectivity index (χ1n) is 7.86. The van der Waals surface area contributed by atoms with Gasteiger partial charge in [0.25, 0.3) is 0 Å². The molecule has 0 aliphatic heterocycles. The Labute approximate surface area is 131 Å². The molecule has 1 aliphatic carbocycles. The van der Waals surface area contributed by atoms with E-state index in [0.29, 0.717) is 6.54 Å². The molecule has 2 aromatic carbocycles. The summed E-state index contributed by atoms with van der Waals surface area (Å²) in [5.41, 5.74) is 3.38. The van der Waals surface area contributed by atoms with Gasteiger partial charge in [-0.3, -0.25) is 0 Å². The van der Waals surface area contributed by atoms with Crippen LogP contribution >= 0.6 is 0 Å². The molecule has 0 heterocycles. The third-order valence-electron chi connectivity index (χ3n) is 4.68. The van der Waals surface area contributed by atoms with Crippen LogP contribution in [0.2, 0.25) is 0 Å². The summed E-state index contributed by atoms with van der Waals surface area (Å²) in [6.45, 7) is 2.68. The summed E-state index contributed by atoms with van der Waals surface area (Å²) in [4.78, 5) is 12.2. The normalized spacial score (nSPS) is 15.7. The standard InChI is InChI=1S/C19H22N2O/c1-15-8-5-6-11-17(15)21-18(22)20-14-19(12-7-13-19)16-9-3-2-4-10-16/h2-6,8-11H,7,12-14H2,1H3,(H2,20,21,22). The molecule has 2 aromatic rings. The van der Waals surface area contributed by atoms with Crippen molar-refractivity contribution in [2.24, 2.45) is 0 Å². The monoisotopic (exact) mass is 294 g/mol. The Morgan fingerprint density at radius 1 is 1.05 bits per heavy atom. The minimum absolute atomic E-state index is 0.115. The number of para-hydroxylation sites is 1. The van der Waals surface area contributed by atoms with E-state index in [9.17, 15) is 4.79 Å². The number of carbonyl (C=O) groups is 1. The Balaban J connectivity index is 1.62. The second-order valence-electron chi connectivity index (χ2n) is 6.12. The Bertz CT molecular complexity index is 647. The van der Waals surface area contributed by atoms with E-state index in [4.69, 9.17) is 0 Å². The van der Waals surface area contributed by atoms with Gasteiger partial charge in [-0.25, -0.2) is 4.79 Å². The fourth-order valence-corrected chi connectivity index (χ4v) is 3.09. The molecule has 1 aliphatic rings. The number of anilines is 1. The molecule has 2 N–H and O–H groups in total. The average molecular weight is 294 g/mol. The lowest BCUT2D eigenvalue weighted by Gasteiger charge is -2.42. The number of nitrogens with one attached hydrogen (secondary N) is 2. The number of amides is 2. The quantitative estimate of drug-likeness (QED) is 0.870. The van der Waals surface area contributed by atoms with Gasteiger partial charge < -0.3 is 10.6 Å². The highest BCUT2D eigenvalue weighted by Gasteiger charge is 2.38. The van der Waals surface area contributed by atoms with Crippen molar-refractivity contribution in [3.63, 3.8) is 0 Å². The number of hydrogen-bond acceptors (Lipinski definition) is 1. The maximum atomic E-state index is 12.2. The molecule has 3 nitrogen and oxygen atoms in total. The molecule has 3 rings (SSSR count). The van der Waals surface area contributed by atoms with E-state index in [1.165, 1.54) is 12.0 Å². The molecule has 0 aromatic heterocycles. The fourth-order valence-electron chi connectivity index (χ4n) is 3.09. The number of hydrogen-bond donors (Lipinski definition) is 2. The van der Waals surface area contributed by atoms with Crippen LogP contribution < -0.4 is 10.6 Å². The molecular weight excluding hydrogens is 272 g/mol. The van der Waals surface area contributed by atoms with Gasteiger partial charge in [-0.05, 0) is 37.0 Å². The number of benzene rings is 2. The van der Waals surface area contributed by atoms with Crippen LogP contribution in [0.15, 0.2) is 54.6 Å². The van der Waals surface area contributed by atoms with Gasteiger partial charge in [-0.15, -0.1) is 0 Å². The van der Waals surface area contributed by atoms with Crippen LogP contribution in [0, 0.1) is 6.92 Å². The summed E-state index contributed by atoms with van der Waals surface area (Å²) in [5, 5.41) is 5.98. The summed E-state index contributed by atoms with van der Waals surface area (Å²) >= 11 is 0. The minimum Gasteiger partial charge on any atom is -0.337 e. The van der Waals surface area contributed by atoms with Crippen molar-refractivity contribution in [3.8, 4) is 0 Å². The molecule has 0 radical (unpaired) electrons. The zero-order valence-corrected chi connectivity index (χ0v) is 12.9. The van der Waals surface area contributed by atoms with Crippen LogP contribution in [0.1, 0.15) is 30.4 Å². The van der Waals surface area contributed by atoms with Gasteiger partial charge in [0.2, 0.25) is 0 Å². The zero-order valence-electron chi connectivity index (χ0n) is 12.9. The number of urea groups is 1. The Hall–Kier alpha value is -2.29. The van der Waals surface area contributed by atoms with Gasteiger partial charge in [-0.1, -0.05) is 55.0 Å². The molecule has 0 bridgehead atoms. The Morgan fingerprint density at radius 3 is 2.36 bits per heavy atom. The highest BCUT2D eigenvalue weighted by atomic mass is 16.2. The van der Waals surface area contributed by atoms with E-state index in [1.807, 2.05) is 37.3 Å². The van der Waals surface area contributed by atoms with E-state index in [-0.39, 0.29) is 11.4 Å². The molecule has 1 fully saturated rings. The van der Waals surface area contributed by atoms with Crippen LogP contribution in [0.5, 0.6) is 0 Å². The topological polar surface area (TPSA) is 41.1 Å². The van der Waals surface area contributed by atoms with E-state index < -0.39 is 0 Å². The van der Waals surface area contributed by atoms with E-state index in [2.05, 4.69) is 34.9 Å². The van der Waals surface area contributed by atoms with Crippen molar-refractivity contribution in [2.75, 3.05) is 11.9 Å². The van der Waals surface area contributed by atoms with Crippen LogP contribution in [-0.4, -0.2) is 12.6 Å². The van der Waals surface area contributed by atoms with Gasteiger partial charge >= 0.3 is 6.03 Å². The lowest BCUT2D eigenvalue weighted by atomic mass is 9.64. The van der Waals surface area contributed by atoms with Crippen molar-refractivity contribution in [1.29, 1.82) is 0 Å². The lowest BCUT2D eigenvalue weighted by Crippen LogP contribution is -2.46. The predicted molar refractivity (Wildman–Crippen MR) is 90.2 cm³/mol. The highest BCUT2D eigenvalue weighted by Crippen LogP contribution is 2.43. The summed E-state index contributed by atoms with van der Waals surface area (Å²) < 4.78 is 0. The second kappa shape index (κ2) is 6.22. The summed E-state index contributed by atoms with van der Waals surface area (Å²) in [7, 11) is 0. The number of rotatable bonds is 4. The van der Waals surface area contributed by atoms with Crippen LogP contribution in [0.4, 0.5) is 10.5 Å².